The minimum atomic E-state index is -0.857. The average molecular weight is 355 g/mol. The Kier molecular flexibility index (Phi) is 4.86. The lowest BCUT2D eigenvalue weighted by atomic mass is 10.1. The van der Waals surface area contributed by atoms with Crippen LogP contribution in [0, 0.1) is 0 Å². The van der Waals surface area contributed by atoms with Gasteiger partial charge in [-0.3, -0.25) is 4.79 Å². The number of carbonyl (C=O) groups is 1. The molecular weight excluding hydrogens is 340 g/mol. The van der Waals surface area contributed by atoms with Crippen LogP contribution in [-0.2, 0) is 6.54 Å². The number of halogens is 1. The van der Waals surface area contributed by atoms with Gasteiger partial charge in [0.2, 0.25) is 0 Å². The number of nitrogens with zero attached hydrogens (tertiary/aromatic N) is 1. The molecule has 0 aliphatic carbocycles. The van der Waals surface area contributed by atoms with Gasteiger partial charge in [0.25, 0.3) is 5.56 Å². The lowest BCUT2D eigenvalue weighted by molar-refractivity contribution is 0.211. The molecule has 1 heterocycles. The number of ether oxygens (including phenoxy) is 1. The van der Waals surface area contributed by atoms with E-state index in [1.54, 1.807) is 53.2 Å². The lowest BCUT2D eigenvalue weighted by Gasteiger charge is -2.09. The summed E-state index contributed by atoms with van der Waals surface area (Å²) in [5.74, 6) is 0.366. The fraction of sp³-hybridized carbons (Fsp3) is 0.0526. The van der Waals surface area contributed by atoms with Crippen LogP contribution in [0.2, 0.25) is 5.02 Å². The molecule has 0 spiro atoms. The third-order valence-corrected chi connectivity index (χ3v) is 3.91. The number of nitrogens with two attached hydrogens (primary N) is 1. The molecule has 25 heavy (non-hydrogen) atoms. The lowest BCUT2D eigenvalue weighted by Crippen LogP contribution is -2.19. The number of primary amides is 1. The van der Waals surface area contributed by atoms with Crippen molar-refractivity contribution in [3.63, 3.8) is 0 Å². The second-order valence-electron chi connectivity index (χ2n) is 5.46. The van der Waals surface area contributed by atoms with E-state index in [-0.39, 0.29) is 5.56 Å². The first-order valence-electron chi connectivity index (χ1n) is 7.54. The van der Waals surface area contributed by atoms with Crippen molar-refractivity contribution in [3.8, 4) is 16.9 Å². The number of pyridine rings is 1. The summed E-state index contributed by atoms with van der Waals surface area (Å²) in [6.07, 6.45) is 0.935. The molecule has 0 unspecified atom stereocenters. The molecule has 0 fully saturated rings. The average Bonchev–Trinajstić information content (AvgIpc) is 2.59. The van der Waals surface area contributed by atoms with E-state index in [1.165, 1.54) is 6.07 Å². The number of hydrogen-bond donors (Lipinski definition) is 1. The largest absolute Gasteiger partial charge is 0.411 e. The van der Waals surface area contributed by atoms with Gasteiger partial charge in [0, 0.05) is 17.3 Å². The number of hydrogen-bond acceptors (Lipinski definition) is 3. The third-order valence-electron chi connectivity index (χ3n) is 3.66. The standard InChI is InChI=1S/C19H15ClN2O3/c20-16-6-1-13(2-7-16)11-22-12-15(5-10-18(22)23)14-3-8-17(9-4-14)25-19(21)24/h1-10,12H,11H2,(H2,21,24). The van der Waals surface area contributed by atoms with Crippen molar-refractivity contribution in [3.05, 3.63) is 87.8 Å². The molecule has 0 radical (unpaired) electrons. The Bertz CT molecular complexity index is 948. The maximum Gasteiger partial charge on any atom is 0.409 e. The molecule has 0 atom stereocenters. The van der Waals surface area contributed by atoms with Crippen molar-refractivity contribution in [2.24, 2.45) is 5.73 Å². The summed E-state index contributed by atoms with van der Waals surface area (Å²) in [6.45, 7) is 0.451. The van der Waals surface area contributed by atoms with Gasteiger partial charge in [0.05, 0.1) is 6.54 Å². The topological polar surface area (TPSA) is 74.3 Å². The van der Waals surface area contributed by atoms with E-state index in [9.17, 15) is 9.59 Å². The summed E-state index contributed by atoms with van der Waals surface area (Å²) < 4.78 is 6.44. The molecule has 5 nitrogen and oxygen atoms in total. The number of rotatable bonds is 4. The summed E-state index contributed by atoms with van der Waals surface area (Å²) in [5.41, 5.74) is 7.64. The van der Waals surface area contributed by atoms with Crippen LogP contribution < -0.4 is 16.0 Å². The molecule has 6 heteroatoms. The third kappa shape index (κ3) is 4.28. The Balaban J connectivity index is 1.87. The van der Waals surface area contributed by atoms with Crippen LogP contribution in [0.3, 0.4) is 0 Å². The molecule has 126 valence electrons. The molecule has 0 aliphatic rings. The van der Waals surface area contributed by atoms with E-state index in [0.29, 0.717) is 17.3 Å². The van der Waals surface area contributed by atoms with E-state index in [2.05, 4.69) is 0 Å². The molecule has 0 aliphatic heterocycles. The molecular formula is C19H15ClN2O3. The van der Waals surface area contributed by atoms with Crippen molar-refractivity contribution < 1.29 is 9.53 Å². The van der Waals surface area contributed by atoms with Gasteiger partial charge in [-0.2, -0.15) is 0 Å². The molecule has 3 rings (SSSR count). The number of benzene rings is 2. The molecule has 1 amide bonds. The van der Waals surface area contributed by atoms with Crippen molar-refractivity contribution in [1.82, 2.24) is 4.57 Å². The van der Waals surface area contributed by atoms with Gasteiger partial charge in [-0.25, -0.2) is 4.79 Å². The Labute approximate surface area is 149 Å². The van der Waals surface area contributed by atoms with Gasteiger partial charge in [-0.05, 0) is 47.0 Å². The van der Waals surface area contributed by atoms with Crippen LogP contribution in [0.5, 0.6) is 5.75 Å². The zero-order chi connectivity index (χ0) is 17.8. The first-order valence-corrected chi connectivity index (χ1v) is 7.92. The summed E-state index contributed by atoms with van der Waals surface area (Å²) in [7, 11) is 0. The maximum absolute atomic E-state index is 12.1. The zero-order valence-electron chi connectivity index (χ0n) is 13.2. The van der Waals surface area contributed by atoms with Gasteiger partial charge >= 0.3 is 6.09 Å². The SMILES string of the molecule is NC(=O)Oc1ccc(-c2ccc(=O)n(Cc3ccc(Cl)cc3)c2)cc1. The number of amides is 1. The predicted octanol–water partition coefficient (Wildman–Crippen LogP) is 3.67. The Hall–Kier alpha value is -3.05. The van der Waals surface area contributed by atoms with E-state index in [4.69, 9.17) is 22.1 Å². The maximum atomic E-state index is 12.1. The smallest absolute Gasteiger partial charge is 0.409 e. The monoisotopic (exact) mass is 354 g/mol. The Morgan fingerprint density at radius 2 is 1.60 bits per heavy atom. The Morgan fingerprint density at radius 1 is 0.960 bits per heavy atom. The molecule has 0 saturated carbocycles. The molecule has 1 aromatic heterocycles. The van der Waals surface area contributed by atoms with Gasteiger partial charge in [0.1, 0.15) is 5.75 Å². The molecule has 0 saturated heterocycles. The van der Waals surface area contributed by atoms with E-state index in [0.717, 1.165) is 16.7 Å². The van der Waals surface area contributed by atoms with E-state index < -0.39 is 6.09 Å². The van der Waals surface area contributed by atoms with Gasteiger partial charge in [-0.1, -0.05) is 35.9 Å². The Morgan fingerprint density at radius 3 is 2.24 bits per heavy atom. The molecule has 0 bridgehead atoms. The van der Waals surface area contributed by atoms with Crippen LogP contribution in [0.25, 0.3) is 11.1 Å². The van der Waals surface area contributed by atoms with Crippen molar-refractivity contribution in [2.45, 2.75) is 6.54 Å². The van der Waals surface area contributed by atoms with Crippen LogP contribution in [0.4, 0.5) is 4.79 Å². The highest BCUT2D eigenvalue weighted by Crippen LogP contribution is 2.22. The van der Waals surface area contributed by atoms with Gasteiger partial charge in [-0.15, -0.1) is 0 Å². The first kappa shape index (κ1) is 16.8. The van der Waals surface area contributed by atoms with Crippen molar-refractivity contribution in [1.29, 1.82) is 0 Å². The summed E-state index contributed by atoms with van der Waals surface area (Å²) >= 11 is 5.89. The highest BCUT2D eigenvalue weighted by molar-refractivity contribution is 6.30. The van der Waals surface area contributed by atoms with Crippen molar-refractivity contribution in [2.75, 3.05) is 0 Å². The van der Waals surface area contributed by atoms with Crippen LogP contribution in [0.15, 0.2) is 71.7 Å². The van der Waals surface area contributed by atoms with Gasteiger partial charge in [0.15, 0.2) is 0 Å². The minimum absolute atomic E-state index is 0.0904. The van der Waals surface area contributed by atoms with Crippen LogP contribution >= 0.6 is 11.6 Å². The predicted molar refractivity (Wildman–Crippen MR) is 96.9 cm³/mol. The second kappa shape index (κ2) is 7.23. The summed E-state index contributed by atoms with van der Waals surface area (Å²) in [5, 5.41) is 0.656. The van der Waals surface area contributed by atoms with Crippen molar-refractivity contribution >= 4 is 17.7 Å². The second-order valence-corrected chi connectivity index (χ2v) is 5.89. The summed E-state index contributed by atoms with van der Waals surface area (Å²) in [4.78, 5) is 22.9. The highest BCUT2D eigenvalue weighted by Gasteiger charge is 2.04. The molecule has 2 aromatic carbocycles. The summed E-state index contributed by atoms with van der Waals surface area (Å²) in [6, 6.07) is 17.5. The zero-order valence-corrected chi connectivity index (χ0v) is 13.9. The highest BCUT2D eigenvalue weighted by atomic mass is 35.5. The van der Waals surface area contributed by atoms with Gasteiger partial charge < -0.3 is 15.0 Å². The fourth-order valence-electron chi connectivity index (χ4n) is 2.44. The number of carbonyl (C=O) groups excluding carboxylic acids is 1. The normalized spacial score (nSPS) is 10.4. The molecule has 3 aromatic rings. The minimum Gasteiger partial charge on any atom is -0.411 e. The van der Waals surface area contributed by atoms with Crippen LogP contribution in [0.1, 0.15) is 5.56 Å². The van der Waals surface area contributed by atoms with E-state index in [1.807, 2.05) is 12.1 Å². The fourth-order valence-corrected chi connectivity index (χ4v) is 2.57. The number of aromatic nitrogens is 1. The first-order chi connectivity index (χ1) is 12.0. The van der Waals surface area contributed by atoms with Crippen LogP contribution in [-0.4, -0.2) is 10.7 Å². The molecule has 2 N–H and O–H groups in total. The quantitative estimate of drug-likeness (QED) is 0.776. The van der Waals surface area contributed by atoms with E-state index >= 15 is 0 Å².